The zero-order valence-electron chi connectivity index (χ0n) is 18.1. The molecule has 0 amide bonds. The first kappa shape index (κ1) is 27.3. The fourth-order valence-electron chi connectivity index (χ4n) is 3.20. The summed E-state index contributed by atoms with van der Waals surface area (Å²) in [5.41, 5.74) is -0.0545. The highest BCUT2D eigenvalue weighted by atomic mass is 16.8. The standard InChI is InChI=1S/C20H30O13/c1-7(2)17(27)31-16-14(26)15(10(6-22)30-20(16)33-18(28)8(3)4)32-19-13(25)12(24)11(23)9(5-21)29-19/h9-16,19-26H,1,3,5-6H2,2,4H3/t9-,10-,11-,12+,13-,14+,15-,16-,19-,20+/m1/s1. The predicted molar refractivity (Wildman–Crippen MR) is 106 cm³/mol. The van der Waals surface area contributed by atoms with E-state index in [0.717, 1.165) is 0 Å². The molecule has 6 N–H and O–H groups in total. The van der Waals surface area contributed by atoms with E-state index in [9.17, 15) is 40.2 Å². The number of rotatable bonds is 8. The highest BCUT2D eigenvalue weighted by Gasteiger charge is 2.53. The fourth-order valence-corrected chi connectivity index (χ4v) is 3.20. The van der Waals surface area contributed by atoms with Gasteiger partial charge in [0.1, 0.15) is 42.7 Å². The molecule has 0 spiro atoms. The number of carbonyl (C=O) groups is 2. The van der Waals surface area contributed by atoms with Crippen molar-refractivity contribution in [2.75, 3.05) is 13.2 Å². The minimum absolute atomic E-state index is 0.0155. The molecule has 2 rings (SSSR count). The summed E-state index contributed by atoms with van der Waals surface area (Å²) in [6.07, 6.45) is -16.3. The van der Waals surface area contributed by atoms with E-state index >= 15 is 0 Å². The minimum Gasteiger partial charge on any atom is -0.449 e. The first-order chi connectivity index (χ1) is 15.4. The first-order valence-electron chi connectivity index (χ1n) is 10.1. The highest BCUT2D eigenvalue weighted by molar-refractivity contribution is 5.88. The Morgan fingerprint density at radius 1 is 0.727 bits per heavy atom. The second-order valence-electron chi connectivity index (χ2n) is 7.85. The van der Waals surface area contributed by atoms with Gasteiger partial charge in [0.2, 0.25) is 6.29 Å². The summed E-state index contributed by atoms with van der Waals surface area (Å²) in [4.78, 5) is 24.1. The van der Waals surface area contributed by atoms with Crippen molar-refractivity contribution in [2.24, 2.45) is 0 Å². The van der Waals surface area contributed by atoms with Crippen LogP contribution in [0.1, 0.15) is 13.8 Å². The molecule has 13 heteroatoms. The average Bonchev–Trinajstić information content (AvgIpc) is 2.77. The van der Waals surface area contributed by atoms with E-state index in [1.807, 2.05) is 0 Å². The van der Waals surface area contributed by atoms with Crippen molar-refractivity contribution < 1.29 is 63.9 Å². The highest BCUT2D eigenvalue weighted by Crippen LogP contribution is 2.31. The van der Waals surface area contributed by atoms with E-state index in [4.69, 9.17) is 23.7 Å². The van der Waals surface area contributed by atoms with Crippen LogP contribution < -0.4 is 0 Å². The largest absolute Gasteiger partial charge is 0.449 e. The van der Waals surface area contributed by atoms with Gasteiger partial charge in [0.15, 0.2) is 12.4 Å². The molecule has 0 aromatic carbocycles. The topological polar surface area (TPSA) is 202 Å². The molecule has 0 unspecified atom stereocenters. The minimum atomic E-state index is -1.82. The molecule has 0 radical (unpaired) electrons. The van der Waals surface area contributed by atoms with E-state index in [-0.39, 0.29) is 11.1 Å². The number of aliphatic hydroxyl groups excluding tert-OH is 6. The normalized spacial score (nSPS) is 38.9. The Labute approximate surface area is 189 Å². The average molecular weight is 478 g/mol. The second kappa shape index (κ2) is 11.5. The Kier molecular flexibility index (Phi) is 9.48. The number of carbonyl (C=O) groups excluding carboxylic acids is 2. The van der Waals surface area contributed by atoms with E-state index in [0.29, 0.717) is 0 Å². The summed E-state index contributed by atoms with van der Waals surface area (Å²) in [5, 5.41) is 60.1. The monoisotopic (exact) mass is 478 g/mol. The van der Waals surface area contributed by atoms with Crippen LogP contribution in [0.4, 0.5) is 0 Å². The van der Waals surface area contributed by atoms with Gasteiger partial charge in [-0.2, -0.15) is 0 Å². The Bertz CT molecular complexity index is 737. The Balaban J connectivity index is 2.30. The molecule has 2 heterocycles. The molecule has 0 aromatic rings. The summed E-state index contributed by atoms with van der Waals surface area (Å²) >= 11 is 0. The van der Waals surface area contributed by atoms with Crippen molar-refractivity contribution in [3.63, 3.8) is 0 Å². The van der Waals surface area contributed by atoms with E-state index < -0.39 is 86.6 Å². The van der Waals surface area contributed by atoms with Gasteiger partial charge in [-0.15, -0.1) is 0 Å². The molecule has 0 aliphatic carbocycles. The van der Waals surface area contributed by atoms with Crippen LogP contribution in [-0.2, 0) is 33.3 Å². The second-order valence-corrected chi connectivity index (χ2v) is 7.85. The summed E-state index contributed by atoms with van der Waals surface area (Å²) in [6.45, 7) is 8.04. The summed E-state index contributed by atoms with van der Waals surface area (Å²) in [5.74, 6) is -1.87. The molecule has 33 heavy (non-hydrogen) atoms. The summed E-state index contributed by atoms with van der Waals surface area (Å²) < 4.78 is 26.5. The maximum absolute atomic E-state index is 12.1. The van der Waals surface area contributed by atoms with Crippen LogP contribution in [0.2, 0.25) is 0 Å². The van der Waals surface area contributed by atoms with Crippen molar-refractivity contribution in [3.8, 4) is 0 Å². The van der Waals surface area contributed by atoms with Gasteiger partial charge in [-0.1, -0.05) is 13.2 Å². The van der Waals surface area contributed by atoms with Crippen LogP contribution in [0, 0.1) is 0 Å². The molecule has 2 aliphatic rings. The van der Waals surface area contributed by atoms with Crippen molar-refractivity contribution in [2.45, 2.75) is 75.3 Å². The molecule has 0 bridgehead atoms. The molecule has 0 saturated carbocycles. The van der Waals surface area contributed by atoms with Gasteiger partial charge in [-0.05, 0) is 13.8 Å². The van der Waals surface area contributed by atoms with E-state index in [2.05, 4.69) is 13.2 Å². The zero-order valence-corrected chi connectivity index (χ0v) is 18.1. The maximum atomic E-state index is 12.1. The van der Waals surface area contributed by atoms with Crippen LogP contribution in [0.25, 0.3) is 0 Å². The number of esters is 2. The third kappa shape index (κ3) is 6.15. The molecule has 10 atom stereocenters. The molecule has 2 saturated heterocycles. The Morgan fingerprint density at radius 2 is 1.24 bits per heavy atom. The van der Waals surface area contributed by atoms with Crippen LogP contribution in [0.3, 0.4) is 0 Å². The quantitative estimate of drug-likeness (QED) is 0.151. The molecule has 2 fully saturated rings. The number of aliphatic hydroxyl groups is 6. The Hall–Kier alpha value is -1.94. The predicted octanol–water partition coefficient (Wildman–Crippen LogP) is -3.14. The third-order valence-corrected chi connectivity index (χ3v) is 5.10. The van der Waals surface area contributed by atoms with Gasteiger partial charge in [0.25, 0.3) is 0 Å². The van der Waals surface area contributed by atoms with Gasteiger partial charge in [0, 0.05) is 11.1 Å². The molecule has 188 valence electrons. The number of hydrogen-bond acceptors (Lipinski definition) is 13. The van der Waals surface area contributed by atoms with Gasteiger partial charge < -0.3 is 54.3 Å². The molecule has 13 nitrogen and oxygen atoms in total. The Morgan fingerprint density at radius 3 is 1.76 bits per heavy atom. The first-order valence-corrected chi connectivity index (χ1v) is 10.1. The van der Waals surface area contributed by atoms with Gasteiger partial charge in [0.05, 0.1) is 13.2 Å². The van der Waals surface area contributed by atoms with Crippen molar-refractivity contribution in [1.82, 2.24) is 0 Å². The lowest BCUT2D eigenvalue weighted by atomic mass is 9.96. The molecule has 0 aromatic heterocycles. The number of hydrogen-bond donors (Lipinski definition) is 6. The lowest BCUT2D eigenvalue weighted by molar-refractivity contribution is -0.355. The van der Waals surface area contributed by atoms with Crippen LogP contribution in [0.5, 0.6) is 0 Å². The van der Waals surface area contributed by atoms with Crippen molar-refractivity contribution >= 4 is 11.9 Å². The lowest BCUT2D eigenvalue weighted by Gasteiger charge is -2.46. The third-order valence-electron chi connectivity index (χ3n) is 5.10. The molecular formula is C20H30O13. The van der Waals surface area contributed by atoms with Crippen LogP contribution in [-0.4, -0.2) is 117 Å². The molecule has 2 aliphatic heterocycles. The van der Waals surface area contributed by atoms with Crippen molar-refractivity contribution in [1.29, 1.82) is 0 Å². The lowest BCUT2D eigenvalue weighted by Crippen LogP contribution is -2.65. The summed E-state index contributed by atoms with van der Waals surface area (Å²) in [6, 6.07) is 0. The van der Waals surface area contributed by atoms with Crippen LogP contribution >= 0.6 is 0 Å². The van der Waals surface area contributed by atoms with Gasteiger partial charge in [-0.25, -0.2) is 9.59 Å². The van der Waals surface area contributed by atoms with Gasteiger partial charge >= 0.3 is 11.9 Å². The fraction of sp³-hybridized carbons (Fsp3) is 0.700. The number of ether oxygens (including phenoxy) is 5. The summed E-state index contributed by atoms with van der Waals surface area (Å²) in [7, 11) is 0. The smallest absolute Gasteiger partial charge is 0.335 e. The van der Waals surface area contributed by atoms with Crippen LogP contribution in [0.15, 0.2) is 24.3 Å². The zero-order chi connectivity index (χ0) is 25.0. The molecular weight excluding hydrogens is 448 g/mol. The van der Waals surface area contributed by atoms with Crippen molar-refractivity contribution in [3.05, 3.63) is 24.3 Å². The van der Waals surface area contributed by atoms with E-state index in [1.54, 1.807) is 0 Å². The van der Waals surface area contributed by atoms with E-state index in [1.165, 1.54) is 13.8 Å². The van der Waals surface area contributed by atoms with Gasteiger partial charge in [-0.3, -0.25) is 0 Å². The maximum Gasteiger partial charge on any atom is 0.335 e. The SMILES string of the molecule is C=C(C)C(=O)O[C@@H]1O[C@H](CO)[C@@H](O[C@H]2O[C@H](CO)[C@@H](O)[C@H](O)[C@H]2O)[C@H](O)[C@H]1OC(=O)C(=C)C.